The monoisotopic (exact) mass is 557 g/mol. The molecular weight excluding hydrogens is 532 g/mol. The van der Waals surface area contributed by atoms with Gasteiger partial charge in [-0.2, -0.15) is 26.3 Å². The zero-order chi connectivity index (χ0) is 29.3. The molecule has 1 aliphatic heterocycles. The van der Waals surface area contributed by atoms with Gasteiger partial charge in [-0.05, 0) is 63.6 Å². The molecule has 0 bridgehead atoms. The first-order chi connectivity index (χ1) is 18.0. The summed E-state index contributed by atoms with van der Waals surface area (Å²) < 4.78 is 84.6. The second kappa shape index (κ2) is 11.0. The highest BCUT2D eigenvalue weighted by atomic mass is 19.4. The van der Waals surface area contributed by atoms with Crippen molar-refractivity contribution in [2.24, 2.45) is 0 Å². The number of benzene rings is 2. The van der Waals surface area contributed by atoms with Crippen LogP contribution < -0.4 is 10.6 Å². The van der Waals surface area contributed by atoms with E-state index in [-0.39, 0.29) is 23.9 Å². The third-order valence-electron chi connectivity index (χ3n) is 5.80. The number of halogens is 6. The number of carbonyl (C=O) groups is 3. The molecule has 0 saturated carbocycles. The van der Waals surface area contributed by atoms with Gasteiger partial charge in [0.05, 0.1) is 28.8 Å². The molecule has 1 unspecified atom stereocenters. The Balaban J connectivity index is 1.99. The lowest BCUT2D eigenvalue weighted by Crippen LogP contribution is -2.48. The lowest BCUT2D eigenvalue weighted by molar-refractivity contribution is -0.144. The topological polar surface area (TPSA) is 87.7 Å². The summed E-state index contributed by atoms with van der Waals surface area (Å²) in [4.78, 5) is 39.7. The minimum Gasteiger partial charge on any atom is -0.459 e. The molecule has 0 fully saturated rings. The Morgan fingerprint density at radius 2 is 1.62 bits per heavy atom. The molecule has 39 heavy (non-hydrogen) atoms. The third kappa shape index (κ3) is 6.70. The first-order valence-electron chi connectivity index (χ1n) is 11.7. The second-order valence-corrected chi connectivity index (χ2v) is 8.95. The first-order valence-corrected chi connectivity index (χ1v) is 11.7. The summed E-state index contributed by atoms with van der Waals surface area (Å²) in [5.74, 6) is -1.91. The molecule has 2 N–H and O–H groups in total. The van der Waals surface area contributed by atoms with Gasteiger partial charge in [0.15, 0.2) is 0 Å². The normalized spacial score (nSPS) is 16.3. The lowest BCUT2D eigenvalue weighted by Gasteiger charge is -2.35. The Morgan fingerprint density at radius 1 is 1.03 bits per heavy atom. The van der Waals surface area contributed by atoms with Gasteiger partial charge in [-0.1, -0.05) is 12.1 Å². The van der Waals surface area contributed by atoms with Crippen molar-refractivity contribution >= 4 is 23.6 Å². The van der Waals surface area contributed by atoms with Gasteiger partial charge in [0, 0.05) is 23.5 Å². The standard InChI is InChI=1S/C26H25F6N3O4/c1-5-35-14(4)20(23(37)39-13(2)3)21(34-24(35)38)15-7-6-8-19(11-15)33-22(36)16-9-17(25(27,28)29)12-18(10-16)26(30,31)32/h6-13,21H,5H2,1-4H3,(H,33,36)(H,34,38). The smallest absolute Gasteiger partial charge is 0.416 e. The van der Waals surface area contributed by atoms with E-state index in [0.29, 0.717) is 23.4 Å². The fraction of sp³-hybridized carbons (Fsp3) is 0.346. The molecule has 210 valence electrons. The Morgan fingerprint density at radius 3 is 2.13 bits per heavy atom. The average Bonchev–Trinajstić information content (AvgIpc) is 2.82. The van der Waals surface area contributed by atoms with Crippen molar-refractivity contribution in [2.75, 3.05) is 11.9 Å². The van der Waals surface area contributed by atoms with Crippen molar-refractivity contribution in [1.29, 1.82) is 0 Å². The highest BCUT2D eigenvalue weighted by Crippen LogP contribution is 2.37. The van der Waals surface area contributed by atoms with Crippen LogP contribution in [0, 0.1) is 0 Å². The molecule has 0 spiro atoms. The summed E-state index contributed by atoms with van der Waals surface area (Å²) in [5.41, 5.74) is -3.33. The predicted octanol–water partition coefficient (Wildman–Crippen LogP) is 6.29. The molecule has 0 aromatic heterocycles. The molecule has 13 heteroatoms. The number of hydrogen-bond acceptors (Lipinski definition) is 4. The molecule has 2 aromatic carbocycles. The molecule has 0 saturated heterocycles. The number of ether oxygens (including phenoxy) is 1. The van der Waals surface area contributed by atoms with Crippen LogP contribution in [0.4, 0.5) is 36.8 Å². The number of nitrogens with zero attached hydrogens (tertiary/aromatic N) is 1. The van der Waals surface area contributed by atoms with Gasteiger partial charge < -0.3 is 15.4 Å². The lowest BCUT2D eigenvalue weighted by atomic mass is 9.94. The number of anilines is 1. The number of esters is 1. The van der Waals surface area contributed by atoms with Crippen LogP contribution in [0.5, 0.6) is 0 Å². The Kier molecular flexibility index (Phi) is 8.32. The van der Waals surface area contributed by atoms with E-state index >= 15 is 0 Å². The number of alkyl halides is 6. The van der Waals surface area contributed by atoms with Crippen molar-refractivity contribution in [3.05, 3.63) is 76.0 Å². The Hall–Kier alpha value is -4.03. The maximum Gasteiger partial charge on any atom is 0.416 e. The maximum absolute atomic E-state index is 13.2. The number of urea groups is 1. The number of allylic oxidation sites excluding steroid dienone is 1. The molecule has 3 amide bonds. The molecule has 3 rings (SSSR count). The van der Waals surface area contributed by atoms with E-state index < -0.39 is 59.1 Å². The third-order valence-corrected chi connectivity index (χ3v) is 5.80. The second-order valence-electron chi connectivity index (χ2n) is 8.95. The number of carbonyl (C=O) groups excluding carboxylic acids is 3. The van der Waals surface area contributed by atoms with E-state index in [9.17, 15) is 40.7 Å². The first kappa shape index (κ1) is 29.5. The fourth-order valence-electron chi connectivity index (χ4n) is 4.04. The number of hydrogen-bond donors (Lipinski definition) is 2. The van der Waals surface area contributed by atoms with Crippen LogP contribution in [0.1, 0.15) is 60.8 Å². The molecule has 2 aromatic rings. The van der Waals surface area contributed by atoms with Gasteiger partial charge in [0.25, 0.3) is 5.91 Å². The number of rotatable bonds is 6. The highest BCUT2D eigenvalue weighted by Gasteiger charge is 2.38. The van der Waals surface area contributed by atoms with Crippen LogP contribution in [0.3, 0.4) is 0 Å². The van der Waals surface area contributed by atoms with E-state index in [1.54, 1.807) is 27.7 Å². The maximum atomic E-state index is 13.2. The van der Waals surface area contributed by atoms with Gasteiger partial charge in [-0.25, -0.2) is 9.59 Å². The van der Waals surface area contributed by atoms with Crippen LogP contribution in [-0.2, 0) is 21.9 Å². The molecule has 1 aliphatic rings. The van der Waals surface area contributed by atoms with Gasteiger partial charge >= 0.3 is 24.4 Å². The average molecular weight is 557 g/mol. The van der Waals surface area contributed by atoms with Crippen molar-refractivity contribution in [3.8, 4) is 0 Å². The predicted molar refractivity (Wildman–Crippen MR) is 128 cm³/mol. The molecule has 7 nitrogen and oxygen atoms in total. The van der Waals surface area contributed by atoms with Crippen LogP contribution in [0.25, 0.3) is 0 Å². The van der Waals surface area contributed by atoms with Crippen LogP contribution in [0.15, 0.2) is 53.7 Å². The van der Waals surface area contributed by atoms with Crippen molar-refractivity contribution in [1.82, 2.24) is 10.2 Å². The minimum absolute atomic E-state index is 0.00451. The fourth-order valence-corrected chi connectivity index (χ4v) is 4.04. The summed E-state index contributed by atoms with van der Waals surface area (Å²) in [5, 5.41) is 4.98. The summed E-state index contributed by atoms with van der Waals surface area (Å²) in [7, 11) is 0. The number of nitrogens with one attached hydrogen (secondary N) is 2. The molecule has 0 radical (unpaired) electrons. The minimum atomic E-state index is -5.12. The molecule has 1 heterocycles. The SMILES string of the molecule is CCN1C(=O)NC(c2cccc(NC(=O)c3cc(C(F)(F)F)cc(C(F)(F)F)c3)c2)C(C(=O)OC(C)C)=C1C. The van der Waals surface area contributed by atoms with Crippen molar-refractivity contribution in [2.45, 2.75) is 52.2 Å². The highest BCUT2D eigenvalue weighted by molar-refractivity contribution is 6.04. The van der Waals surface area contributed by atoms with Crippen LogP contribution in [-0.4, -0.2) is 35.5 Å². The van der Waals surface area contributed by atoms with E-state index in [0.717, 1.165) is 0 Å². The van der Waals surface area contributed by atoms with E-state index in [4.69, 9.17) is 4.74 Å². The number of amides is 3. The Bertz CT molecular complexity index is 1290. The van der Waals surface area contributed by atoms with Crippen molar-refractivity contribution in [3.63, 3.8) is 0 Å². The molecule has 0 aliphatic carbocycles. The zero-order valence-corrected chi connectivity index (χ0v) is 21.3. The molecular formula is C26H25F6N3O4. The summed E-state index contributed by atoms with van der Waals surface area (Å²) >= 11 is 0. The summed E-state index contributed by atoms with van der Waals surface area (Å²) in [6.07, 6.45) is -10.7. The molecule has 1 atom stereocenters. The van der Waals surface area contributed by atoms with Gasteiger partial charge in [0.2, 0.25) is 0 Å². The largest absolute Gasteiger partial charge is 0.459 e. The van der Waals surface area contributed by atoms with Crippen LogP contribution in [0.2, 0.25) is 0 Å². The van der Waals surface area contributed by atoms with Crippen molar-refractivity contribution < 1.29 is 45.5 Å². The zero-order valence-electron chi connectivity index (χ0n) is 21.3. The van der Waals surface area contributed by atoms with Gasteiger partial charge in [-0.15, -0.1) is 0 Å². The Labute approximate surface area is 219 Å². The summed E-state index contributed by atoms with van der Waals surface area (Å²) in [6.45, 7) is 6.84. The van der Waals surface area contributed by atoms with Crippen LogP contribution >= 0.6 is 0 Å². The summed E-state index contributed by atoms with van der Waals surface area (Å²) in [6, 6.07) is 4.73. The van der Waals surface area contributed by atoms with E-state index in [1.807, 2.05) is 0 Å². The van der Waals surface area contributed by atoms with E-state index in [2.05, 4.69) is 10.6 Å². The quantitative estimate of drug-likeness (QED) is 0.323. The van der Waals surface area contributed by atoms with Gasteiger partial charge in [0.1, 0.15) is 0 Å². The van der Waals surface area contributed by atoms with Gasteiger partial charge in [-0.3, -0.25) is 9.69 Å². The van der Waals surface area contributed by atoms with E-state index in [1.165, 1.54) is 29.2 Å².